The van der Waals surface area contributed by atoms with Crippen molar-refractivity contribution in [1.82, 2.24) is 5.32 Å². The number of halogens is 1. The molecule has 1 aliphatic rings. The van der Waals surface area contributed by atoms with Crippen LogP contribution in [0.1, 0.15) is 38.2 Å². The highest BCUT2D eigenvalue weighted by Crippen LogP contribution is 2.25. The molecule has 2 unspecified atom stereocenters. The standard InChI is InChI=1S/C17H26BrNO2/c1-3-19-14(12-16-6-4-5-9-21-16)10-13-11-15(20-2)7-8-17(13)18/h7-8,11,14,16,19H,3-6,9-10,12H2,1-2H3. The predicted molar refractivity (Wildman–Crippen MR) is 90.1 cm³/mol. The Balaban J connectivity index is 2.00. The van der Waals surface area contributed by atoms with Crippen molar-refractivity contribution >= 4 is 15.9 Å². The van der Waals surface area contributed by atoms with Gasteiger partial charge in [0.05, 0.1) is 13.2 Å². The van der Waals surface area contributed by atoms with E-state index in [0.717, 1.165) is 36.2 Å². The highest BCUT2D eigenvalue weighted by atomic mass is 79.9. The molecule has 0 aromatic heterocycles. The van der Waals surface area contributed by atoms with E-state index in [1.807, 2.05) is 6.07 Å². The summed E-state index contributed by atoms with van der Waals surface area (Å²) in [5.74, 6) is 0.914. The molecule has 0 bridgehead atoms. The second-order valence-corrected chi connectivity index (χ2v) is 6.49. The molecule has 118 valence electrons. The van der Waals surface area contributed by atoms with Gasteiger partial charge in [-0.2, -0.15) is 0 Å². The maximum Gasteiger partial charge on any atom is 0.119 e. The van der Waals surface area contributed by atoms with E-state index in [9.17, 15) is 0 Å². The van der Waals surface area contributed by atoms with Gasteiger partial charge in [0.15, 0.2) is 0 Å². The van der Waals surface area contributed by atoms with Gasteiger partial charge in [-0.15, -0.1) is 0 Å². The Labute approximate surface area is 136 Å². The first-order chi connectivity index (χ1) is 10.2. The van der Waals surface area contributed by atoms with Gasteiger partial charge in [0.25, 0.3) is 0 Å². The number of hydrogen-bond donors (Lipinski definition) is 1. The van der Waals surface area contributed by atoms with Crippen LogP contribution in [-0.4, -0.2) is 32.4 Å². The number of benzene rings is 1. The van der Waals surface area contributed by atoms with E-state index in [2.05, 4.69) is 40.3 Å². The van der Waals surface area contributed by atoms with Gasteiger partial charge in [-0.3, -0.25) is 0 Å². The van der Waals surface area contributed by atoms with Crippen LogP contribution in [0.15, 0.2) is 22.7 Å². The van der Waals surface area contributed by atoms with Crippen LogP contribution in [0.5, 0.6) is 5.75 Å². The minimum absolute atomic E-state index is 0.409. The quantitative estimate of drug-likeness (QED) is 0.803. The summed E-state index contributed by atoms with van der Waals surface area (Å²) in [5, 5.41) is 3.60. The van der Waals surface area contributed by atoms with Crippen molar-refractivity contribution in [3.05, 3.63) is 28.2 Å². The molecule has 2 rings (SSSR count). The van der Waals surface area contributed by atoms with Gasteiger partial charge in [0.1, 0.15) is 5.75 Å². The molecule has 1 saturated heterocycles. The molecule has 2 atom stereocenters. The number of ether oxygens (including phenoxy) is 2. The molecular formula is C17H26BrNO2. The van der Waals surface area contributed by atoms with Crippen molar-refractivity contribution in [1.29, 1.82) is 0 Å². The zero-order chi connectivity index (χ0) is 15.1. The Kier molecular flexibility index (Phi) is 7.00. The monoisotopic (exact) mass is 355 g/mol. The van der Waals surface area contributed by atoms with E-state index in [4.69, 9.17) is 9.47 Å². The van der Waals surface area contributed by atoms with Crippen LogP contribution in [0.25, 0.3) is 0 Å². The van der Waals surface area contributed by atoms with Gasteiger partial charge >= 0.3 is 0 Å². The zero-order valence-electron chi connectivity index (χ0n) is 13.0. The molecule has 1 N–H and O–H groups in total. The molecule has 0 spiro atoms. The highest BCUT2D eigenvalue weighted by molar-refractivity contribution is 9.10. The molecular weight excluding hydrogens is 330 g/mol. The SMILES string of the molecule is CCNC(Cc1cc(OC)ccc1Br)CC1CCCCO1. The van der Waals surface area contributed by atoms with Gasteiger partial charge in [-0.25, -0.2) is 0 Å². The lowest BCUT2D eigenvalue weighted by Gasteiger charge is -2.28. The van der Waals surface area contributed by atoms with Gasteiger partial charge in [0, 0.05) is 17.1 Å². The van der Waals surface area contributed by atoms with Gasteiger partial charge in [-0.05, 0) is 62.4 Å². The molecule has 1 heterocycles. The van der Waals surface area contributed by atoms with Crippen molar-refractivity contribution in [3.8, 4) is 5.75 Å². The van der Waals surface area contributed by atoms with Crippen molar-refractivity contribution < 1.29 is 9.47 Å². The van der Waals surface area contributed by atoms with Crippen molar-refractivity contribution in [3.63, 3.8) is 0 Å². The maximum absolute atomic E-state index is 5.89. The van der Waals surface area contributed by atoms with Crippen molar-refractivity contribution in [2.24, 2.45) is 0 Å². The third-order valence-electron chi connectivity index (χ3n) is 4.03. The number of rotatable bonds is 7. The topological polar surface area (TPSA) is 30.5 Å². The first kappa shape index (κ1) is 16.8. The van der Waals surface area contributed by atoms with E-state index in [1.54, 1.807) is 7.11 Å². The third kappa shape index (κ3) is 5.28. The van der Waals surface area contributed by atoms with Crippen LogP contribution < -0.4 is 10.1 Å². The fraction of sp³-hybridized carbons (Fsp3) is 0.647. The summed E-state index contributed by atoms with van der Waals surface area (Å²) < 4.78 is 12.4. The zero-order valence-corrected chi connectivity index (χ0v) is 14.6. The molecule has 0 radical (unpaired) electrons. The Morgan fingerprint density at radius 1 is 1.43 bits per heavy atom. The predicted octanol–water partition coefficient (Wildman–Crippen LogP) is 3.94. The number of methoxy groups -OCH3 is 1. The van der Waals surface area contributed by atoms with Gasteiger partial charge in [0.2, 0.25) is 0 Å². The van der Waals surface area contributed by atoms with E-state index in [0.29, 0.717) is 12.1 Å². The lowest BCUT2D eigenvalue weighted by atomic mass is 9.96. The second-order valence-electron chi connectivity index (χ2n) is 5.64. The molecule has 3 nitrogen and oxygen atoms in total. The highest BCUT2D eigenvalue weighted by Gasteiger charge is 2.20. The van der Waals surface area contributed by atoms with Crippen LogP contribution in [-0.2, 0) is 11.2 Å². The summed E-state index contributed by atoms with van der Waals surface area (Å²) in [6.07, 6.45) is 6.19. The minimum atomic E-state index is 0.409. The number of likely N-dealkylation sites (N-methyl/N-ethyl adjacent to an activating group) is 1. The van der Waals surface area contributed by atoms with Crippen LogP contribution in [0.3, 0.4) is 0 Å². The van der Waals surface area contributed by atoms with Gasteiger partial charge < -0.3 is 14.8 Å². The van der Waals surface area contributed by atoms with Crippen LogP contribution in [0.4, 0.5) is 0 Å². The molecule has 1 fully saturated rings. The summed E-state index contributed by atoms with van der Waals surface area (Å²) >= 11 is 3.65. The largest absolute Gasteiger partial charge is 0.497 e. The molecule has 0 aliphatic carbocycles. The Hall–Kier alpha value is -0.580. The van der Waals surface area contributed by atoms with E-state index >= 15 is 0 Å². The molecule has 1 aromatic carbocycles. The smallest absolute Gasteiger partial charge is 0.119 e. The number of nitrogens with one attached hydrogen (secondary N) is 1. The Morgan fingerprint density at radius 3 is 2.95 bits per heavy atom. The lowest BCUT2D eigenvalue weighted by Crippen LogP contribution is -2.36. The molecule has 0 saturated carbocycles. The molecule has 1 aliphatic heterocycles. The van der Waals surface area contributed by atoms with Crippen molar-refractivity contribution in [2.45, 2.75) is 51.2 Å². The summed E-state index contributed by atoms with van der Waals surface area (Å²) in [5.41, 5.74) is 1.29. The van der Waals surface area contributed by atoms with Gasteiger partial charge in [-0.1, -0.05) is 22.9 Å². The molecule has 0 amide bonds. The van der Waals surface area contributed by atoms with E-state index < -0.39 is 0 Å². The lowest BCUT2D eigenvalue weighted by molar-refractivity contribution is 0.00534. The number of hydrogen-bond acceptors (Lipinski definition) is 3. The molecule has 21 heavy (non-hydrogen) atoms. The summed E-state index contributed by atoms with van der Waals surface area (Å²) in [7, 11) is 1.71. The van der Waals surface area contributed by atoms with E-state index in [-0.39, 0.29) is 0 Å². The fourth-order valence-electron chi connectivity index (χ4n) is 2.94. The van der Waals surface area contributed by atoms with Crippen LogP contribution in [0, 0.1) is 0 Å². The first-order valence-electron chi connectivity index (χ1n) is 7.90. The average molecular weight is 356 g/mol. The van der Waals surface area contributed by atoms with Crippen LogP contribution in [0.2, 0.25) is 0 Å². The Morgan fingerprint density at radius 2 is 2.29 bits per heavy atom. The fourth-order valence-corrected chi connectivity index (χ4v) is 3.35. The molecule has 1 aromatic rings. The summed E-state index contributed by atoms with van der Waals surface area (Å²) in [6.45, 7) is 4.07. The summed E-state index contributed by atoms with van der Waals surface area (Å²) in [6, 6.07) is 6.62. The minimum Gasteiger partial charge on any atom is -0.497 e. The summed E-state index contributed by atoms with van der Waals surface area (Å²) in [4.78, 5) is 0. The average Bonchev–Trinajstić information content (AvgIpc) is 2.51. The third-order valence-corrected chi connectivity index (χ3v) is 4.81. The molecule has 4 heteroatoms. The Bertz CT molecular complexity index is 433. The van der Waals surface area contributed by atoms with Crippen LogP contribution >= 0.6 is 15.9 Å². The second kappa shape index (κ2) is 8.76. The maximum atomic E-state index is 5.89. The van der Waals surface area contributed by atoms with Crippen molar-refractivity contribution in [2.75, 3.05) is 20.3 Å². The normalized spacial score (nSPS) is 20.2. The van der Waals surface area contributed by atoms with E-state index in [1.165, 1.54) is 24.8 Å². The first-order valence-corrected chi connectivity index (χ1v) is 8.69.